The van der Waals surface area contributed by atoms with Gasteiger partial charge >= 0.3 is 0 Å². The van der Waals surface area contributed by atoms with Crippen molar-refractivity contribution in [3.05, 3.63) is 63.8 Å². The molecule has 4 aromatic rings. The second-order valence-corrected chi connectivity index (χ2v) is 10.1. The van der Waals surface area contributed by atoms with E-state index in [2.05, 4.69) is 20.6 Å². The fourth-order valence-electron chi connectivity index (χ4n) is 5.76. The minimum absolute atomic E-state index is 0.0744. The standard InChI is InChI=1S/C26H28FN5O4/c27-19-15-28-21-3-4-23(34)32(11-12-33)24(21)18(19)5-6-26-9-7-25(8-10-26,16-35-26)29-14-17-1-2-20-22(13-17)31-36-30-20/h1-4,13,15,29,33H,5-12,14,16H2. The number of aromatic nitrogens is 4. The van der Waals surface area contributed by atoms with E-state index in [9.17, 15) is 14.3 Å². The third kappa shape index (κ3) is 4.08. The van der Waals surface area contributed by atoms with Gasteiger partial charge in [-0.3, -0.25) is 9.78 Å². The molecule has 7 rings (SSSR count). The Morgan fingerprint density at radius 3 is 2.67 bits per heavy atom. The molecule has 0 amide bonds. The van der Waals surface area contributed by atoms with E-state index in [4.69, 9.17) is 9.37 Å². The summed E-state index contributed by atoms with van der Waals surface area (Å²) < 4.78 is 27.6. The molecular weight excluding hydrogens is 465 g/mol. The Kier molecular flexibility index (Phi) is 5.82. The smallest absolute Gasteiger partial charge is 0.251 e. The van der Waals surface area contributed by atoms with Crippen molar-refractivity contribution in [2.45, 2.75) is 62.8 Å². The monoisotopic (exact) mass is 493 g/mol. The van der Waals surface area contributed by atoms with Crippen LogP contribution in [0.3, 0.4) is 0 Å². The zero-order valence-corrected chi connectivity index (χ0v) is 19.9. The van der Waals surface area contributed by atoms with Crippen molar-refractivity contribution in [2.24, 2.45) is 0 Å². The van der Waals surface area contributed by atoms with Crippen LogP contribution in [0.15, 0.2) is 46.0 Å². The molecular formula is C26H28FN5O4. The van der Waals surface area contributed by atoms with Gasteiger partial charge in [0.15, 0.2) is 0 Å². The summed E-state index contributed by atoms with van der Waals surface area (Å²) in [6.45, 7) is 1.20. The third-order valence-electron chi connectivity index (χ3n) is 7.97. The summed E-state index contributed by atoms with van der Waals surface area (Å²) in [6.07, 6.45) is 6.06. The van der Waals surface area contributed by atoms with Gasteiger partial charge in [-0.15, -0.1) is 0 Å². The highest BCUT2D eigenvalue weighted by Crippen LogP contribution is 2.46. The maximum absolute atomic E-state index is 15.0. The highest BCUT2D eigenvalue weighted by Gasteiger charge is 2.49. The van der Waals surface area contributed by atoms with Crippen LogP contribution in [0, 0.1) is 5.82 Å². The Labute approximate surface area is 206 Å². The highest BCUT2D eigenvalue weighted by atomic mass is 19.1. The first kappa shape index (κ1) is 23.2. The maximum Gasteiger partial charge on any atom is 0.251 e. The van der Waals surface area contributed by atoms with E-state index in [0.717, 1.165) is 42.3 Å². The van der Waals surface area contributed by atoms with E-state index < -0.39 is 5.82 Å². The lowest BCUT2D eigenvalue weighted by Crippen LogP contribution is -2.61. The number of rotatable bonds is 8. The lowest BCUT2D eigenvalue weighted by atomic mass is 9.69. The number of hydrogen-bond acceptors (Lipinski definition) is 8. The summed E-state index contributed by atoms with van der Waals surface area (Å²) in [6, 6.07) is 8.93. The number of pyridine rings is 2. The highest BCUT2D eigenvalue weighted by molar-refractivity contribution is 5.78. The molecule has 188 valence electrons. The largest absolute Gasteiger partial charge is 0.395 e. The maximum atomic E-state index is 15.0. The van der Waals surface area contributed by atoms with Crippen molar-refractivity contribution in [3.63, 3.8) is 0 Å². The van der Waals surface area contributed by atoms with E-state index in [-0.39, 0.29) is 29.9 Å². The molecule has 1 aromatic carbocycles. The SMILES string of the molecule is O=c1ccc2ncc(F)c(CCC34CCC(NCc5ccc6nonc6c5)(CC3)CO4)c2n1CCO. The van der Waals surface area contributed by atoms with Crippen LogP contribution in [-0.2, 0) is 24.2 Å². The van der Waals surface area contributed by atoms with Crippen molar-refractivity contribution in [3.8, 4) is 0 Å². The minimum atomic E-state index is -0.432. The van der Waals surface area contributed by atoms with E-state index in [1.165, 1.54) is 16.8 Å². The number of ether oxygens (including phenoxy) is 1. The fourth-order valence-corrected chi connectivity index (χ4v) is 5.76. The fraction of sp³-hybridized carbons (Fsp3) is 0.462. The molecule has 10 heteroatoms. The average molecular weight is 494 g/mol. The molecule has 3 aliphatic rings. The molecule has 36 heavy (non-hydrogen) atoms. The number of fused-ring (bicyclic) bond motifs is 5. The molecule has 2 aliphatic heterocycles. The molecule has 1 aliphatic carbocycles. The van der Waals surface area contributed by atoms with Gasteiger partial charge in [-0.2, -0.15) is 0 Å². The molecule has 2 N–H and O–H groups in total. The van der Waals surface area contributed by atoms with Gasteiger partial charge in [0.1, 0.15) is 16.9 Å². The zero-order chi connectivity index (χ0) is 24.8. The lowest BCUT2D eigenvalue weighted by Gasteiger charge is -2.53. The number of nitrogens with zero attached hydrogens (tertiary/aromatic N) is 4. The minimum Gasteiger partial charge on any atom is -0.395 e. The van der Waals surface area contributed by atoms with Crippen LogP contribution >= 0.6 is 0 Å². The van der Waals surface area contributed by atoms with Crippen LogP contribution in [0.4, 0.5) is 4.39 Å². The first-order chi connectivity index (χ1) is 17.5. The van der Waals surface area contributed by atoms with Crippen LogP contribution in [0.5, 0.6) is 0 Å². The van der Waals surface area contributed by atoms with Crippen molar-refractivity contribution in [2.75, 3.05) is 13.2 Å². The molecule has 0 spiro atoms. The molecule has 2 bridgehead atoms. The van der Waals surface area contributed by atoms with Crippen LogP contribution in [0.25, 0.3) is 22.1 Å². The molecule has 0 atom stereocenters. The van der Waals surface area contributed by atoms with Gasteiger partial charge < -0.3 is 19.7 Å². The summed E-state index contributed by atoms with van der Waals surface area (Å²) in [7, 11) is 0. The van der Waals surface area contributed by atoms with Crippen molar-refractivity contribution in [1.29, 1.82) is 0 Å². The second kappa shape index (κ2) is 9.02. The number of aliphatic hydroxyl groups excluding tert-OH is 1. The number of nitrogens with one attached hydrogen (secondary N) is 1. The number of halogens is 1. The Bertz CT molecular complexity index is 1460. The zero-order valence-electron chi connectivity index (χ0n) is 19.9. The topological polar surface area (TPSA) is 115 Å². The number of benzene rings is 1. The predicted octanol–water partition coefficient (Wildman–Crippen LogP) is 2.87. The first-order valence-electron chi connectivity index (χ1n) is 12.4. The Hall–Kier alpha value is -3.21. The van der Waals surface area contributed by atoms with Crippen LogP contribution in [0.1, 0.15) is 43.2 Å². The molecule has 2 saturated heterocycles. The third-order valence-corrected chi connectivity index (χ3v) is 7.97. The molecule has 5 heterocycles. The van der Waals surface area contributed by atoms with Gasteiger partial charge in [0.25, 0.3) is 5.56 Å². The number of aliphatic hydroxyl groups is 1. The number of aryl methyl sites for hydroxylation is 1. The van der Waals surface area contributed by atoms with E-state index >= 15 is 0 Å². The molecule has 0 unspecified atom stereocenters. The van der Waals surface area contributed by atoms with Crippen LogP contribution in [-0.4, -0.2) is 49.3 Å². The molecule has 3 fully saturated rings. The Morgan fingerprint density at radius 2 is 1.89 bits per heavy atom. The first-order valence-corrected chi connectivity index (χ1v) is 12.4. The Balaban J connectivity index is 1.15. The van der Waals surface area contributed by atoms with Gasteiger partial charge in [-0.1, -0.05) is 6.07 Å². The summed E-state index contributed by atoms with van der Waals surface area (Å²) in [5, 5.41) is 20.9. The van der Waals surface area contributed by atoms with Gasteiger partial charge in [0.2, 0.25) is 0 Å². The van der Waals surface area contributed by atoms with E-state index in [1.54, 1.807) is 6.07 Å². The predicted molar refractivity (Wildman–Crippen MR) is 130 cm³/mol. The van der Waals surface area contributed by atoms with Crippen LogP contribution < -0.4 is 10.9 Å². The molecule has 0 radical (unpaired) electrons. The van der Waals surface area contributed by atoms with Crippen LogP contribution in [0.2, 0.25) is 0 Å². The lowest BCUT2D eigenvalue weighted by molar-refractivity contribution is -0.165. The van der Waals surface area contributed by atoms with E-state index in [1.807, 2.05) is 18.2 Å². The summed E-state index contributed by atoms with van der Waals surface area (Å²) >= 11 is 0. The molecule has 1 saturated carbocycles. The van der Waals surface area contributed by atoms with Gasteiger partial charge in [0, 0.05) is 30.3 Å². The summed E-state index contributed by atoms with van der Waals surface area (Å²) in [4.78, 5) is 16.6. The van der Waals surface area contributed by atoms with Gasteiger partial charge in [-0.05, 0) is 72.6 Å². The van der Waals surface area contributed by atoms with Crippen molar-refractivity contribution >= 4 is 22.1 Å². The normalized spacial score (nSPS) is 23.6. The Morgan fingerprint density at radius 1 is 1.08 bits per heavy atom. The molecule has 3 aromatic heterocycles. The number of hydrogen-bond donors (Lipinski definition) is 2. The quantitative estimate of drug-likeness (QED) is 0.385. The van der Waals surface area contributed by atoms with Gasteiger partial charge in [-0.25, -0.2) is 9.02 Å². The van der Waals surface area contributed by atoms with Crippen molar-refractivity contribution in [1.82, 2.24) is 25.2 Å². The average Bonchev–Trinajstić information content (AvgIpc) is 3.38. The summed E-state index contributed by atoms with van der Waals surface area (Å²) in [5.41, 5.74) is 3.43. The van der Waals surface area contributed by atoms with Gasteiger partial charge in [0.05, 0.1) is 36.0 Å². The van der Waals surface area contributed by atoms with Crippen molar-refractivity contribution < 1.29 is 18.9 Å². The molecule has 9 nitrogen and oxygen atoms in total. The second-order valence-electron chi connectivity index (χ2n) is 10.1. The van der Waals surface area contributed by atoms with E-state index in [0.29, 0.717) is 42.6 Å². The summed E-state index contributed by atoms with van der Waals surface area (Å²) in [5.74, 6) is -0.432.